The first-order valence-electron chi connectivity index (χ1n) is 10.1. The molecule has 1 N–H and O–H groups in total. The highest BCUT2D eigenvalue weighted by Gasteiger charge is 2.40. The molecule has 1 aromatic carbocycles. The molecular formula is C23H30N2O3. The molecule has 0 radical (unpaired) electrons. The predicted molar refractivity (Wildman–Crippen MR) is 110 cm³/mol. The SMILES string of the molecule is CCO[C@@H](C)CNC(=O)C1(Cc2cccc(-c3ccncc3)c2)CCOCC1. The summed E-state index contributed by atoms with van der Waals surface area (Å²) in [6, 6.07) is 12.5. The highest BCUT2D eigenvalue weighted by Crippen LogP contribution is 2.35. The van der Waals surface area contributed by atoms with Crippen molar-refractivity contribution in [3.63, 3.8) is 0 Å². The van der Waals surface area contributed by atoms with Crippen molar-refractivity contribution >= 4 is 5.91 Å². The second-order valence-electron chi connectivity index (χ2n) is 7.48. The van der Waals surface area contributed by atoms with Crippen molar-refractivity contribution in [2.75, 3.05) is 26.4 Å². The summed E-state index contributed by atoms with van der Waals surface area (Å²) in [4.78, 5) is 17.2. The maximum absolute atomic E-state index is 13.2. The van der Waals surface area contributed by atoms with E-state index in [1.54, 1.807) is 12.4 Å². The van der Waals surface area contributed by atoms with Crippen molar-refractivity contribution in [1.82, 2.24) is 10.3 Å². The molecule has 0 unspecified atom stereocenters. The third-order valence-electron chi connectivity index (χ3n) is 5.42. The zero-order valence-corrected chi connectivity index (χ0v) is 16.8. The minimum absolute atomic E-state index is 0.0147. The van der Waals surface area contributed by atoms with Crippen molar-refractivity contribution in [3.8, 4) is 11.1 Å². The first-order chi connectivity index (χ1) is 13.6. The molecule has 2 aromatic rings. The van der Waals surface area contributed by atoms with Gasteiger partial charge in [-0.1, -0.05) is 24.3 Å². The van der Waals surface area contributed by atoms with Gasteiger partial charge in [0.25, 0.3) is 0 Å². The number of hydrogen-bond donors (Lipinski definition) is 1. The Morgan fingerprint density at radius 1 is 1.21 bits per heavy atom. The van der Waals surface area contributed by atoms with E-state index in [0.29, 0.717) is 32.8 Å². The Kier molecular flexibility index (Phi) is 7.18. The molecule has 1 atom stereocenters. The molecule has 5 nitrogen and oxygen atoms in total. The van der Waals surface area contributed by atoms with Gasteiger partial charge in [0, 0.05) is 38.8 Å². The molecule has 28 heavy (non-hydrogen) atoms. The summed E-state index contributed by atoms with van der Waals surface area (Å²) in [6.07, 6.45) is 5.80. The van der Waals surface area contributed by atoms with E-state index in [0.717, 1.165) is 24.0 Å². The summed E-state index contributed by atoms with van der Waals surface area (Å²) >= 11 is 0. The van der Waals surface area contributed by atoms with E-state index in [9.17, 15) is 4.79 Å². The molecule has 1 aliphatic rings. The molecule has 1 fully saturated rings. The summed E-state index contributed by atoms with van der Waals surface area (Å²) in [7, 11) is 0. The third kappa shape index (κ3) is 5.18. The second-order valence-corrected chi connectivity index (χ2v) is 7.48. The Morgan fingerprint density at radius 2 is 1.96 bits per heavy atom. The molecule has 0 saturated carbocycles. The number of nitrogens with zero attached hydrogens (tertiary/aromatic N) is 1. The molecule has 3 rings (SSSR count). The highest BCUT2D eigenvalue weighted by atomic mass is 16.5. The van der Waals surface area contributed by atoms with Crippen LogP contribution < -0.4 is 5.32 Å². The van der Waals surface area contributed by atoms with Crippen molar-refractivity contribution < 1.29 is 14.3 Å². The summed E-state index contributed by atoms with van der Waals surface area (Å²) < 4.78 is 11.1. The number of ether oxygens (including phenoxy) is 2. The van der Waals surface area contributed by atoms with Crippen molar-refractivity contribution in [1.29, 1.82) is 0 Å². The number of amides is 1. The molecule has 1 amide bonds. The van der Waals surface area contributed by atoms with Crippen LogP contribution in [-0.4, -0.2) is 43.4 Å². The van der Waals surface area contributed by atoms with E-state index in [-0.39, 0.29) is 12.0 Å². The number of hydrogen-bond acceptors (Lipinski definition) is 4. The number of carbonyl (C=O) groups is 1. The second kappa shape index (κ2) is 9.80. The lowest BCUT2D eigenvalue weighted by Gasteiger charge is -2.36. The summed E-state index contributed by atoms with van der Waals surface area (Å²) in [5.41, 5.74) is 3.02. The van der Waals surface area contributed by atoms with Gasteiger partial charge in [-0.05, 0) is 61.9 Å². The van der Waals surface area contributed by atoms with E-state index in [4.69, 9.17) is 9.47 Å². The molecule has 1 saturated heterocycles. The molecule has 0 aliphatic carbocycles. The zero-order valence-electron chi connectivity index (χ0n) is 16.8. The van der Waals surface area contributed by atoms with Crippen LogP contribution in [0.2, 0.25) is 0 Å². The number of aromatic nitrogens is 1. The first-order valence-corrected chi connectivity index (χ1v) is 10.1. The molecule has 2 heterocycles. The van der Waals surface area contributed by atoms with Gasteiger partial charge in [-0.25, -0.2) is 0 Å². The lowest BCUT2D eigenvalue weighted by atomic mass is 9.74. The molecule has 1 aromatic heterocycles. The van der Waals surface area contributed by atoms with Gasteiger partial charge in [0.15, 0.2) is 0 Å². The quantitative estimate of drug-likeness (QED) is 0.757. The Morgan fingerprint density at radius 3 is 2.68 bits per heavy atom. The van der Waals surface area contributed by atoms with E-state index in [2.05, 4.69) is 34.6 Å². The molecule has 0 bridgehead atoms. The molecular weight excluding hydrogens is 352 g/mol. The average Bonchev–Trinajstić information content (AvgIpc) is 2.74. The Hall–Kier alpha value is -2.24. The van der Waals surface area contributed by atoms with Crippen LogP contribution in [0.3, 0.4) is 0 Å². The van der Waals surface area contributed by atoms with E-state index in [1.807, 2.05) is 26.0 Å². The van der Waals surface area contributed by atoms with Gasteiger partial charge in [-0.2, -0.15) is 0 Å². The zero-order chi connectivity index (χ0) is 19.8. The van der Waals surface area contributed by atoms with Gasteiger partial charge in [0.2, 0.25) is 5.91 Å². The number of carbonyl (C=O) groups excluding carboxylic acids is 1. The standard InChI is InChI=1S/C23H30N2O3/c1-3-28-18(2)17-25-22(26)23(9-13-27-14-10-23)16-19-5-4-6-21(15-19)20-7-11-24-12-8-20/h4-8,11-12,15,18H,3,9-10,13-14,16-17H2,1-2H3,(H,25,26)/t18-/m0/s1. The minimum Gasteiger partial charge on any atom is -0.381 e. The Bertz CT molecular complexity index is 757. The normalized spacial score (nSPS) is 17.1. The van der Waals surface area contributed by atoms with Crippen LogP contribution in [0.4, 0.5) is 0 Å². The summed E-state index contributed by atoms with van der Waals surface area (Å²) in [5.74, 6) is 0.108. The van der Waals surface area contributed by atoms with Gasteiger partial charge in [0.1, 0.15) is 0 Å². The van der Waals surface area contributed by atoms with Gasteiger partial charge in [-0.3, -0.25) is 9.78 Å². The number of pyridine rings is 1. The van der Waals surface area contributed by atoms with Crippen LogP contribution in [0.1, 0.15) is 32.3 Å². The van der Waals surface area contributed by atoms with Crippen LogP contribution >= 0.6 is 0 Å². The summed E-state index contributed by atoms with van der Waals surface area (Å²) in [5, 5.41) is 3.12. The van der Waals surface area contributed by atoms with Crippen molar-refractivity contribution in [2.24, 2.45) is 5.41 Å². The molecule has 150 valence electrons. The van der Waals surface area contributed by atoms with Crippen molar-refractivity contribution in [3.05, 3.63) is 54.4 Å². The highest BCUT2D eigenvalue weighted by molar-refractivity contribution is 5.83. The van der Waals surface area contributed by atoms with Gasteiger partial charge in [-0.15, -0.1) is 0 Å². The number of rotatable bonds is 8. The van der Waals surface area contributed by atoms with Gasteiger partial charge < -0.3 is 14.8 Å². The predicted octanol–water partition coefficient (Wildman–Crippen LogP) is 3.63. The molecule has 0 spiro atoms. The smallest absolute Gasteiger partial charge is 0.226 e. The Labute approximate surface area is 167 Å². The maximum Gasteiger partial charge on any atom is 0.226 e. The third-order valence-corrected chi connectivity index (χ3v) is 5.42. The van der Waals surface area contributed by atoms with Crippen LogP contribution in [0.25, 0.3) is 11.1 Å². The topological polar surface area (TPSA) is 60.5 Å². The minimum atomic E-state index is -0.430. The largest absolute Gasteiger partial charge is 0.381 e. The number of benzene rings is 1. The fourth-order valence-corrected chi connectivity index (χ4v) is 3.81. The van der Waals surface area contributed by atoms with Gasteiger partial charge >= 0.3 is 0 Å². The average molecular weight is 383 g/mol. The molecule has 5 heteroatoms. The van der Waals surface area contributed by atoms with Crippen LogP contribution in [0.5, 0.6) is 0 Å². The van der Waals surface area contributed by atoms with Crippen molar-refractivity contribution in [2.45, 2.75) is 39.2 Å². The molecule has 1 aliphatic heterocycles. The number of nitrogens with one attached hydrogen (secondary N) is 1. The van der Waals surface area contributed by atoms with Gasteiger partial charge in [0.05, 0.1) is 11.5 Å². The van der Waals surface area contributed by atoms with Crippen LogP contribution in [0.15, 0.2) is 48.8 Å². The van der Waals surface area contributed by atoms with Crippen LogP contribution in [-0.2, 0) is 20.7 Å². The fourth-order valence-electron chi connectivity index (χ4n) is 3.81. The fraction of sp³-hybridized carbons (Fsp3) is 0.478. The van der Waals surface area contributed by atoms with E-state index < -0.39 is 5.41 Å². The maximum atomic E-state index is 13.2. The van der Waals surface area contributed by atoms with E-state index in [1.165, 1.54) is 5.56 Å². The van der Waals surface area contributed by atoms with Crippen LogP contribution in [0, 0.1) is 5.41 Å². The summed E-state index contributed by atoms with van der Waals surface area (Å²) in [6.45, 7) is 6.38. The Balaban J connectivity index is 1.76. The van der Waals surface area contributed by atoms with E-state index >= 15 is 0 Å². The lowest BCUT2D eigenvalue weighted by Crippen LogP contribution is -2.47. The monoisotopic (exact) mass is 382 g/mol. The first kappa shape index (κ1) is 20.5. The lowest BCUT2D eigenvalue weighted by molar-refractivity contribution is -0.137.